The number of nitrogens with zero attached hydrogens (tertiary/aromatic N) is 1. The summed E-state index contributed by atoms with van der Waals surface area (Å²) in [6.45, 7) is 2.78. The van der Waals surface area contributed by atoms with Crippen molar-refractivity contribution < 1.29 is 4.74 Å². The van der Waals surface area contributed by atoms with Crippen molar-refractivity contribution in [1.29, 1.82) is 0 Å². The Morgan fingerprint density at radius 3 is 2.79 bits per heavy atom. The fraction of sp³-hybridized carbons (Fsp3) is 0.533. The molecule has 1 fully saturated rings. The summed E-state index contributed by atoms with van der Waals surface area (Å²) in [6, 6.07) is 7.68. The molecule has 0 radical (unpaired) electrons. The standard InChI is InChI=1S/C15H22N2OS/c1-17(11-12-5-4-6-12)9-10-18-14-8-3-2-7-13(14)15(16)19/h2-3,7-8,12H,4-6,9-11H2,1H3,(H2,16,19). The van der Waals surface area contributed by atoms with Crippen LogP contribution in [0.2, 0.25) is 0 Å². The molecule has 0 aliphatic heterocycles. The Kier molecular flexibility index (Phi) is 5.16. The van der Waals surface area contributed by atoms with Crippen LogP contribution in [0.25, 0.3) is 0 Å². The van der Waals surface area contributed by atoms with Gasteiger partial charge in [0.1, 0.15) is 17.3 Å². The van der Waals surface area contributed by atoms with Gasteiger partial charge < -0.3 is 15.4 Å². The average molecular weight is 278 g/mol. The number of nitrogens with two attached hydrogens (primary N) is 1. The molecule has 0 spiro atoms. The molecule has 0 bridgehead atoms. The summed E-state index contributed by atoms with van der Waals surface area (Å²) in [6.07, 6.45) is 4.17. The second-order valence-electron chi connectivity index (χ2n) is 5.27. The van der Waals surface area contributed by atoms with Crippen molar-refractivity contribution in [1.82, 2.24) is 4.90 Å². The van der Waals surface area contributed by atoms with Gasteiger partial charge in [-0.1, -0.05) is 30.8 Å². The van der Waals surface area contributed by atoms with E-state index in [9.17, 15) is 0 Å². The molecule has 0 atom stereocenters. The van der Waals surface area contributed by atoms with Crippen LogP contribution in [0.3, 0.4) is 0 Å². The lowest BCUT2D eigenvalue weighted by molar-refractivity contribution is 0.177. The molecule has 1 aromatic rings. The molecule has 3 nitrogen and oxygen atoms in total. The molecule has 19 heavy (non-hydrogen) atoms. The molecular weight excluding hydrogens is 256 g/mol. The zero-order chi connectivity index (χ0) is 13.7. The Hall–Kier alpha value is -1.13. The normalized spacial score (nSPS) is 15.3. The smallest absolute Gasteiger partial charge is 0.129 e. The molecule has 0 aromatic heterocycles. The first-order valence-electron chi connectivity index (χ1n) is 6.87. The molecule has 4 heteroatoms. The zero-order valence-corrected chi connectivity index (χ0v) is 12.3. The molecule has 104 valence electrons. The Bertz CT molecular complexity index is 432. The number of thiocarbonyl (C=S) groups is 1. The van der Waals surface area contributed by atoms with E-state index in [4.69, 9.17) is 22.7 Å². The van der Waals surface area contributed by atoms with E-state index < -0.39 is 0 Å². The lowest BCUT2D eigenvalue weighted by Crippen LogP contribution is -2.32. The lowest BCUT2D eigenvalue weighted by atomic mass is 9.85. The minimum atomic E-state index is 0.387. The monoisotopic (exact) mass is 278 g/mol. The molecular formula is C15H22N2OS. The average Bonchev–Trinajstić information content (AvgIpc) is 2.34. The van der Waals surface area contributed by atoms with Crippen molar-refractivity contribution in [3.05, 3.63) is 29.8 Å². The molecule has 2 N–H and O–H groups in total. The molecule has 2 rings (SSSR count). The van der Waals surface area contributed by atoms with E-state index in [0.717, 1.165) is 23.8 Å². The van der Waals surface area contributed by atoms with Crippen molar-refractivity contribution in [2.24, 2.45) is 11.7 Å². The van der Waals surface area contributed by atoms with E-state index in [1.54, 1.807) is 0 Å². The number of likely N-dealkylation sites (N-methyl/N-ethyl adjacent to an activating group) is 1. The van der Waals surface area contributed by atoms with E-state index in [1.165, 1.54) is 25.8 Å². The second-order valence-corrected chi connectivity index (χ2v) is 5.71. The van der Waals surface area contributed by atoms with E-state index in [1.807, 2.05) is 24.3 Å². The molecule has 0 amide bonds. The first kappa shape index (κ1) is 14.3. The van der Waals surface area contributed by atoms with Gasteiger partial charge in [0.05, 0.1) is 5.56 Å². The Morgan fingerprint density at radius 2 is 2.16 bits per heavy atom. The highest BCUT2D eigenvalue weighted by Gasteiger charge is 2.18. The van der Waals surface area contributed by atoms with Gasteiger partial charge >= 0.3 is 0 Å². The quantitative estimate of drug-likeness (QED) is 0.778. The summed E-state index contributed by atoms with van der Waals surface area (Å²) < 4.78 is 5.79. The van der Waals surface area contributed by atoms with Gasteiger partial charge in [0.25, 0.3) is 0 Å². The van der Waals surface area contributed by atoms with Crippen LogP contribution in [0.4, 0.5) is 0 Å². The van der Waals surface area contributed by atoms with E-state index in [-0.39, 0.29) is 0 Å². The predicted molar refractivity (Wildman–Crippen MR) is 82.7 cm³/mol. The van der Waals surface area contributed by atoms with Crippen molar-refractivity contribution >= 4 is 17.2 Å². The third kappa shape index (κ3) is 4.18. The molecule has 0 saturated heterocycles. The van der Waals surface area contributed by atoms with Gasteiger partial charge in [-0.2, -0.15) is 0 Å². The van der Waals surface area contributed by atoms with Crippen LogP contribution in [-0.4, -0.2) is 36.6 Å². The van der Waals surface area contributed by atoms with Gasteiger partial charge in [-0.3, -0.25) is 0 Å². The maximum Gasteiger partial charge on any atom is 0.129 e. The molecule has 0 unspecified atom stereocenters. The van der Waals surface area contributed by atoms with Gasteiger partial charge in [0.2, 0.25) is 0 Å². The third-order valence-electron chi connectivity index (χ3n) is 3.68. The predicted octanol–water partition coefficient (Wildman–Crippen LogP) is 2.43. The first-order chi connectivity index (χ1) is 9.16. The summed E-state index contributed by atoms with van der Waals surface area (Å²) in [5.74, 6) is 1.68. The minimum absolute atomic E-state index is 0.387. The van der Waals surface area contributed by atoms with E-state index >= 15 is 0 Å². The maximum atomic E-state index is 5.79. The number of ether oxygens (including phenoxy) is 1. The first-order valence-corrected chi connectivity index (χ1v) is 7.28. The van der Waals surface area contributed by atoms with Crippen molar-refractivity contribution in [3.8, 4) is 5.75 Å². The van der Waals surface area contributed by atoms with Crippen LogP contribution in [0, 0.1) is 5.92 Å². The van der Waals surface area contributed by atoms with Crippen LogP contribution >= 0.6 is 12.2 Å². The SMILES string of the molecule is CN(CCOc1ccccc1C(N)=S)CC1CCC1. The fourth-order valence-electron chi connectivity index (χ4n) is 2.31. The summed E-state index contributed by atoms with van der Waals surface area (Å²) in [5, 5.41) is 0. The molecule has 1 saturated carbocycles. The van der Waals surface area contributed by atoms with Crippen LogP contribution in [0.5, 0.6) is 5.75 Å². The third-order valence-corrected chi connectivity index (χ3v) is 3.90. The molecule has 0 heterocycles. The fourth-order valence-corrected chi connectivity index (χ4v) is 2.48. The van der Waals surface area contributed by atoms with Gasteiger partial charge in [0, 0.05) is 13.1 Å². The lowest BCUT2D eigenvalue weighted by Gasteiger charge is -2.30. The number of para-hydroxylation sites is 1. The molecule has 1 aliphatic rings. The summed E-state index contributed by atoms with van der Waals surface area (Å²) in [5.41, 5.74) is 6.50. The Balaban J connectivity index is 1.77. The number of benzene rings is 1. The highest BCUT2D eigenvalue weighted by molar-refractivity contribution is 7.80. The van der Waals surface area contributed by atoms with Crippen LogP contribution in [0.1, 0.15) is 24.8 Å². The van der Waals surface area contributed by atoms with Crippen molar-refractivity contribution in [3.63, 3.8) is 0 Å². The maximum absolute atomic E-state index is 5.79. The van der Waals surface area contributed by atoms with Crippen LogP contribution in [0.15, 0.2) is 24.3 Å². The largest absolute Gasteiger partial charge is 0.492 e. The van der Waals surface area contributed by atoms with Crippen molar-refractivity contribution in [2.45, 2.75) is 19.3 Å². The highest BCUT2D eigenvalue weighted by atomic mass is 32.1. The number of rotatable bonds is 7. The summed E-state index contributed by atoms with van der Waals surface area (Å²) >= 11 is 5.02. The molecule has 1 aromatic carbocycles. The van der Waals surface area contributed by atoms with Crippen LogP contribution < -0.4 is 10.5 Å². The van der Waals surface area contributed by atoms with Gasteiger partial charge in [0.15, 0.2) is 0 Å². The van der Waals surface area contributed by atoms with Gasteiger partial charge in [-0.05, 0) is 37.9 Å². The van der Waals surface area contributed by atoms with Crippen LogP contribution in [-0.2, 0) is 0 Å². The van der Waals surface area contributed by atoms with Gasteiger partial charge in [-0.25, -0.2) is 0 Å². The van der Waals surface area contributed by atoms with Gasteiger partial charge in [-0.15, -0.1) is 0 Å². The van der Waals surface area contributed by atoms with E-state index in [2.05, 4.69) is 11.9 Å². The topological polar surface area (TPSA) is 38.5 Å². The highest BCUT2D eigenvalue weighted by Crippen LogP contribution is 2.26. The summed E-state index contributed by atoms with van der Waals surface area (Å²) in [4.78, 5) is 2.73. The summed E-state index contributed by atoms with van der Waals surface area (Å²) in [7, 11) is 2.15. The second kappa shape index (κ2) is 6.87. The number of hydrogen-bond acceptors (Lipinski definition) is 3. The van der Waals surface area contributed by atoms with E-state index in [0.29, 0.717) is 11.6 Å². The Morgan fingerprint density at radius 1 is 1.42 bits per heavy atom. The molecule has 1 aliphatic carbocycles. The number of hydrogen-bond donors (Lipinski definition) is 1. The Labute approximate surface area is 120 Å². The minimum Gasteiger partial charge on any atom is -0.492 e. The zero-order valence-electron chi connectivity index (χ0n) is 11.5. The van der Waals surface area contributed by atoms with Crippen molar-refractivity contribution in [2.75, 3.05) is 26.7 Å².